The summed E-state index contributed by atoms with van der Waals surface area (Å²) in [5.74, 6) is 0.953. The molecule has 0 aliphatic heterocycles. The quantitative estimate of drug-likeness (QED) is 0.779. The summed E-state index contributed by atoms with van der Waals surface area (Å²) in [7, 11) is 0. The van der Waals surface area contributed by atoms with Crippen LogP contribution >= 0.6 is 27.3 Å². The fourth-order valence-corrected chi connectivity index (χ4v) is 3.08. The molecule has 1 heterocycles. The molecule has 0 aliphatic carbocycles. The molecule has 1 atom stereocenters. The van der Waals surface area contributed by atoms with Crippen LogP contribution in [-0.4, -0.2) is 13.2 Å². The minimum Gasteiger partial charge on any atom is -0.492 e. The van der Waals surface area contributed by atoms with E-state index in [1.54, 1.807) is 11.3 Å². The van der Waals surface area contributed by atoms with Crippen LogP contribution in [0.25, 0.3) is 0 Å². The second kappa shape index (κ2) is 7.08. The molecule has 0 amide bonds. The highest BCUT2D eigenvalue weighted by atomic mass is 79.9. The van der Waals surface area contributed by atoms with Gasteiger partial charge in [-0.25, -0.2) is 0 Å². The molecule has 1 aromatic heterocycles. The Hall–Kier alpha value is -0.840. The third-order valence-electron chi connectivity index (χ3n) is 2.92. The van der Waals surface area contributed by atoms with Crippen molar-refractivity contribution < 1.29 is 4.74 Å². The van der Waals surface area contributed by atoms with Gasteiger partial charge in [-0.15, -0.1) is 11.3 Å². The first-order valence-electron chi connectivity index (χ1n) is 6.32. The molecule has 1 unspecified atom stereocenters. The lowest BCUT2D eigenvalue weighted by Crippen LogP contribution is -2.23. The molecule has 2 nitrogen and oxygen atoms in total. The van der Waals surface area contributed by atoms with Crippen molar-refractivity contribution in [1.29, 1.82) is 0 Å². The maximum atomic E-state index is 5.78. The molecule has 0 aliphatic rings. The largest absolute Gasteiger partial charge is 0.492 e. The van der Waals surface area contributed by atoms with Gasteiger partial charge in [0.15, 0.2) is 0 Å². The molecule has 1 aromatic carbocycles. The third kappa shape index (κ3) is 4.34. The van der Waals surface area contributed by atoms with Gasteiger partial charge in [0.1, 0.15) is 12.4 Å². The van der Waals surface area contributed by atoms with Crippen LogP contribution in [0.1, 0.15) is 23.4 Å². The Morgan fingerprint density at radius 2 is 2.21 bits per heavy atom. The SMILES string of the molecule is Cc1cc(Br)ccc1OCCNC(C)c1cccs1. The molecule has 19 heavy (non-hydrogen) atoms. The average Bonchev–Trinajstić information content (AvgIpc) is 2.90. The van der Waals surface area contributed by atoms with E-state index < -0.39 is 0 Å². The number of benzene rings is 1. The first kappa shape index (κ1) is 14.6. The van der Waals surface area contributed by atoms with Crippen LogP contribution in [0.15, 0.2) is 40.2 Å². The van der Waals surface area contributed by atoms with Gasteiger partial charge in [-0.1, -0.05) is 22.0 Å². The summed E-state index contributed by atoms with van der Waals surface area (Å²) in [4.78, 5) is 1.36. The van der Waals surface area contributed by atoms with E-state index in [2.05, 4.69) is 58.7 Å². The summed E-state index contributed by atoms with van der Waals surface area (Å²) in [6.45, 7) is 5.76. The van der Waals surface area contributed by atoms with E-state index >= 15 is 0 Å². The normalized spacial score (nSPS) is 12.4. The van der Waals surface area contributed by atoms with Crippen molar-refractivity contribution in [3.63, 3.8) is 0 Å². The first-order chi connectivity index (χ1) is 9.16. The molecular weight excluding hydrogens is 322 g/mol. The second-order valence-electron chi connectivity index (χ2n) is 4.45. The summed E-state index contributed by atoms with van der Waals surface area (Å²) in [6.07, 6.45) is 0. The number of ether oxygens (including phenoxy) is 1. The fraction of sp³-hybridized carbons (Fsp3) is 0.333. The zero-order valence-electron chi connectivity index (χ0n) is 11.2. The van der Waals surface area contributed by atoms with E-state index in [1.807, 2.05) is 12.1 Å². The number of hydrogen-bond acceptors (Lipinski definition) is 3. The number of thiophene rings is 1. The highest BCUT2D eigenvalue weighted by molar-refractivity contribution is 9.10. The smallest absolute Gasteiger partial charge is 0.122 e. The number of nitrogens with one attached hydrogen (secondary N) is 1. The van der Waals surface area contributed by atoms with Gasteiger partial charge in [-0.3, -0.25) is 0 Å². The Labute approximate surface area is 126 Å². The van der Waals surface area contributed by atoms with E-state index in [-0.39, 0.29) is 0 Å². The predicted molar refractivity (Wildman–Crippen MR) is 85.1 cm³/mol. The molecule has 1 N–H and O–H groups in total. The molecule has 0 radical (unpaired) electrons. The van der Waals surface area contributed by atoms with Crippen LogP contribution in [-0.2, 0) is 0 Å². The Kier molecular flexibility index (Phi) is 5.43. The van der Waals surface area contributed by atoms with Crippen molar-refractivity contribution in [2.75, 3.05) is 13.2 Å². The predicted octanol–water partition coefficient (Wildman–Crippen LogP) is 4.55. The molecule has 4 heteroatoms. The fourth-order valence-electron chi connectivity index (χ4n) is 1.85. The molecular formula is C15H18BrNOS. The summed E-state index contributed by atoms with van der Waals surface area (Å²) in [6, 6.07) is 10.7. The minimum absolute atomic E-state index is 0.384. The molecule has 102 valence electrons. The van der Waals surface area contributed by atoms with Crippen molar-refractivity contribution in [3.05, 3.63) is 50.6 Å². The molecule has 0 bridgehead atoms. The van der Waals surface area contributed by atoms with Crippen LogP contribution < -0.4 is 10.1 Å². The lowest BCUT2D eigenvalue weighted by atomic mass is 10.2. The summed E-state index contributed by atoms with van der Waals surface area (Å²) in [5.41, 5.74) is 1.15. The molecule has 2 aromatic rings. The van der Waals surface area contributed by atoms with Gasteiger partial charge < -0.3 is 10.1 Å². The monoisotopic (exact) mass is 339 g/mol. The van der Waals surface area contributed by atoms with Crippen molar-refractivity contribution >= 4 is 27.3 Å². The van der Waals surface area contributed by atoms with E-state index in [9.17, 15) is 0 Å². The number of aryl methyl sites for hydroxylation is 1. The zero-order chi connectivity index (χ0) is 13.7. The maximum absolute atomic E-state index is 5.78. The van der Waals surface area contributed by atoms with Gasteiger partial charge in [-0.2, -0.15) is 0 Å². The lowest BCUT2D eigenvalue weighted by Gasteiger charge is -2.13. The highest BCUT2D eigenvalue weighted by Gasteiger charge is 2.05. The number of rotatable bonds is 6. The molecule has 0 saturated carbocycles. The van der Waals surface area contributed by atoms with Crippen LogP contribution in [0, 0.1) is 6.92 Å². The van der Waals surface area contributed by atoms with E-state index in [0.29, 0.717) is 12.6 Å². The van der Waals surface area contributed by atoms with Gasteiger partial charge in [0.25, 0.3) is 0 Å². The average molecular weight is 340 g/mol. The molecule has 0 spiro atoms. The van der Waals surface area contributed by atoms with Crippen molar-refractivity contribution in [3.8, 4) is 5.75 Å². The standard InChI is InChI=1S/C15H18BrNOS/c1-11-10-13(16)5-6-14(11)18-8-7-17-12(2)15-4-3-9-19-15/h3-6,9-10,12,17H,7-8H2,1-2H3. The van der Waals surface area contributed by atoms with E-state index in [0.717, 1.165) is 22.3 Å². The van der Waals surface area contributed by atoms with Crippen LogP contribution in [0.5, 0.6) is 5.75 Å². The Morgan fingerprint density at radius 1 is 1.37 bits per heavy atom. The summed E-state index contributed by atoms with van der Waals surface area (Å²) >= 11 is 5.23. The Balaban J connectivity index is 1.75. The van der Waals surface area contributed by atoms with Crippen LogP contribution in [0.3, 0.4) is 0 Å². The third-order valence-corrected chi connectivity index (χ3v) is 4.47. The van der Waals surface area contributed by atoms with Crippen LogP contribution in [0.2, 0.25) is 0 Å². The number of halogens is 1. The van der Waals surface area contributed by atoms with Gasteiger partial charge in [0.05, 0.1) is 0 Å². The summed E-state index contributed by atoms with van der Waals surface area (Å²) < 4.78 is 6.86. The topological polar surface area (TPSA) is 21.3 Å². The van der Waals surface area contributed by atoms with Gasteiger partial charge >= 0.3 is 0 Å². The summed E-state index contributed by atoms with van der Waals surface area (Å²) in [5, 5.41) is 5.57. The van der Waals surface area contributed by atoms with Crippen molar-refractivity contribution in [1.82, 2.24) is 5.32 Å². The van der Waals surface area contributed by atoms with Crippen molar-refractivity contribution in [2.24, 2.45) is 0 Å². The first-order valence-corrected chi connectivity index (χ1v) is 8.00. The zero-order valence-corrected chi connectivity index (χ0v) is 13.6. The van der Waals surface area contributed by atoms with Gasteiger partial charge in [-0.05, 0) is 49.1 Å². The van der Waals surface area contributed by atoms with E-state index in [1.165, 1.54) is 4.88 Å². The lowest BCUT2D eigenvalue weighted by molar-refractivity contribution is 0.306. The molecule has 0 fully saturated rings. The van der Waals surface area contributed by atoms with Crippen LogP contribution in [0.4, 0.5) is 0 Å². The van der Waals surface area contributed by atoms with Gasteiger partial charge in [0.2, 0.25) is 0 Å². The second-order valence-corrected chi connectivity index (χ2v) is 6.34. The maximum Gasteiger partial charge on any atom is 0.122 e. The highest BCUT2D eigenvalue weighted by Crippen LogP contribution is 2.22. The number of hydrogen-bond donors (Lipinski definition) is 1. The van der Waals surface area contributed by atoms with Gasteiger partial charge in [0, 0.05) is 21.9 Å². The molecule has 0 saturated heterocycles. The Bertz CT molecular complexity index is 513. The van der Waals surface area contributed by atoms with Crippen molar-refractivity contribution in [2.45, 2.75) is 19.9 Å². The molecule has 2 rings (SSSR count). The van der Waals surface area contributed by atoms with E-state index in [4.69, 9.17) is 4.74 Å². The minimum atomic E-state index is 0.384. The Morgan fingerprint density at radius 3 is 2.89 bits per heavy atom.